The minimum atomic E-state index is -0.216. The summed E-state index contributed by atoms with van der Waals surface area (Å²) < 4.78 is 7.71. The van der Waals surface area contributed by atoms with Gasteiger partial charge in [-0.2, -0.15) is 5.10 Å². The molecule has 1 saturated heterocycles. The summed E-state index contributed by atoms with van der Waals surface area (Å²) in [6.07, 6.45) is 5.74. The highest BCUT2D eigenvalue weighted by molar-refractivity contribution is 5.91. The topological polar surface area (TPSA) is 63.3 Å². The number of carbonyl (C=O) groups is 1. The van der Waals surface area contributed by atoms with Crippen LogP contribution < -0.4 is 5.32 Å². The largest absolute Gasteiger partial charge is 0.455 e. The highest BCUT2D eigenvalue weighted by atomic mass is 16.4. The Labute approximate surface area is 193 Å². The van der Waals surface area contributed by atoms with E-state index in [-0.39, 0.29) is 5.91 Å². The third kappa shape index (κ3) is 5.07. The van der Waals surface area contributed by atoms with E-state index in [1.165, 1.54) is 19.3 Å². The van der Waals surface area contributed by atoms with Gasteiger partial charge in [0.2, 0.25) is 0 Å². The van der Waals surface area contributed by atoms with Gasteiger partial charge in [-0.15, -0.1) is 0 Å². The molecule has 1 amide bonds. The molecule has 0 saturated carbocycles. The number of nitrogens with one attached hydrogen (secondary N) is 1. The lowest BCUT2D eigenvalue weighted by Gasteiger charge is -2.25. The number of rotatable bonds is 7. The van der Waals surface area contributed by atoms with Crippen LogP contribution in [0, 0.1) is 0 Å². The van der Waals surface area contributed by atoms with Crippen LogP contribution in [0.5, 0.6) is 0 Å². The molecule has 1 aliphatic heterocycles. The van der Waals surface area contributed by atoms with Crippen molar-refractivity contribution < 1.29 is 9.21 Å². The summed E-state index contributed by atoms with van der Waals surface area (Å²) in [7, 11) is 0. The summed E-state index contributed by atoms with van der Waals surface area (Å²) in [4.78, 5) is 15.2. The van der Waals surface area contributed by atoms with Gasteiger partial charge in [-0.05, 0) is 50.2 Å². The first-order valence-corrected chi connectivity index (χ1v) is 11.5. The number of furan rings is 1. The molecule has 1 fully saturated rings. The summed E-state index contributed by atoms with van der Waals surface area (Å²) in [5, 5.41) is 7.81. The Morgan fingerprint density at radius 3 is 2.39 bits per heavy atom. The minimum absolute atomic E-state index is 0.216. The predicted molar refractivity (Wildman–Crippen MR) is 128 cm³/mol. The lowest BCUT2D eigenvalue weighted by atomic mass is 10.1. The number of benzene rings is 2. The van der Waals surface area contributed by atoms with Crippen LogP contribution in [0.25, 0.3) is 16.9 Å². The van der Waals surface area contributed by atoms with Gasteiger partial charge in [0.05, 0.1) is 17.9 Å². The third-order valence-corrected chi connectivity index (χ3v) is 6.01. The second-order valence-corrected chi connectivity index (χ2v) is 8.43. The average molecular weight is 441 g/mol. The molecule has 2 aromatic carbocycles. The fourth-order valence-electron chi connectivity index (χ4n) is 4.28. The van der Waals surface area contributed by atoms with Crippen LogP contribution in [0.3, 0.4) is 0 Å². The number of hydrogen-bond acceptors (Lipinski definition) is 4. The van der Waals surface area contributed by atoms with Gasteiger partial charge in [-0.25, -0.2) is 4.68 Å². The van der Waals surface area contributed by atoms with Gasteiger partial charge in [0, 0.05) is 23.9 Å². The predicted octanol–water partition coefficient (Wildman–Crippen LogP) is 5.05. The van der Waals surface area contributed by atoms with Crippen LogP contribution in [0.1, 0.15) is 41.1 Å². The number of nitrogens with zero attached hydrogens (tertiary/aromatic N) is 3. The first-order chi connectivity index (χ1) is 16.3. The number of carbonyl (C=O) groups excluding carboxylic acids is 1. The van der Waals surface area contributed by atoms with Crippen LogP contribution in [-0.2, 0) is 13.1 Å². The van der Waals surface area contributed by atoms with E-state index in [2.05, 4.69) is 10.2 Å². The minimum Gasteiger partial charge on any atom is -0.455 e. The molecule has 5 rings (SSSR count). The Morgan fingerprint density at radius 2 is 1.64 bits per heavy atom. The quantitative estimate of drug-likeness (QED) is 0.437. The Balaban J connectivity index is 1.31. The second kappa shape index (κ2) is 9.88. The van der Waals surface area contributed by atoms with E-state index in [9.17, 15) is 4.79 Å². The molecule has 0 radical (unpaired) electrons. The van der Waals surface area contributed by atoms with Gasteiger partial charge in [-0.1, -0.05) is 55.0 Å². The Bertz CT molecular complexity index is 1190. The highest BCUT2D eigenvalue weighted by Gasteiger charge is 2.17. The molecule has 1 N–H and O–H groups in total. The SMILES string of the molecule is O=C(NCc1cn(-c2ccccc2)nc1-c1ccccc1)c1ccc(CN2CCCCC2)o1. The molecule has 33 heavy (non-hydrogen) atoms. The fourth-order valence-corrected chi connectivity index (χ4v) is 4.28. The summed E-state index contributed by atoms with van der Waals surface area (Å²) in [5.74, 6) is 0.967. The summed E-state index contributed by atoms with van der Waals surface area (Å²) in [5.41, 5.74) is 3.78. The van der Waals surface area contributed by atoms with Crippen molar-refractivity contribution in [2.75, 3.05) is 13.1 Å². The zero-order chi connectivity index (χ0) is 22.5. The van der Waals surface area contributed by atoms with Crippen LogP contribution >= 0.6 is 0 Å². The maximum atomic E-state index is 12.8. The molecule has 4 aromatic rings. The molecule has 0 bridgehead atoms. The smallest absolute Gasteiger partial charge is 0.287 e. The lowest BCUT2D eigenvalue weighted by molar-refractivity contribution is 0.0918. The van der Waals surface area contributed by atoms with Crippen molar-refractivity contribution in [3.63, 3.8) is 0 Å². The zero-order valence-electron chi connectivity index (χ0n) is 18.6. The van der Waals surface area contributed by atoms with Crippen molar-refractivity contribution in [2.24, 2.45) is 0 Å². The standard InChI is InChI=1S/C27H28N4O2/c32-27(25-15-14-24(33-25)20-30-16-8-3-9-17-30)28-18-22-19-31(23-12-6-2-7-13-23)29-26(22)21-10-4-1-5-11-21/h1-2,4-7,10-15,19H,3,8-9,16-18,20H2,(H,28,32). The van der Waals surface area contributed by atoms with Crippen molar-refractivity contribution in [2.45, 2.75) is 32.4 Å². The van der Waals surface area contributed by atoms with Crippen molar-refractivity contribution in [1.29, 1.82) is 0 Å². The molecule has 1 aliphatic rings. The van der Waals surface area contributed by atoms with E-state index in [0.29, 0.717) is 12.3 Å². The number of para-hydroxylation sites is 1. The van der Waals surface area contributed by atoms with Crippen molar-refractivity contribution in [3.05, 3.63) is 96.1 Å². The number of hydrogen-bond donors (Lipinski definition) is 1. The van der Waals surface area contributed by atoms with Gasteiger partial charge < -0.3 is 9.73 Å². The van der Waals surface area contributed by atoms with Gasteiger partial charge in [0.1, 0.15) is 5.76 Å². The van der Waals surface area contributed by atoms with Gasteiger partial charge in [-0.3, -0.25) is 9.69 Å². The molecular weight excluding hydrogens is 412 g/mol. The van der Waals surface area contributed by atoms with Gasteiger partial charge in [0.15, 0.2) is 5.76 Å². The molecule has 6 nitrogen and oxygen atoms in total. The van der Waals surface area contributed by atoms with Crippen LogP contribution in [0.4, 0.5) is 0 Å². The molecule has 3 heterocycles. The maximum absolute atomic E-state index is 12.8. The van der Waals surface area contributed by atoms with Gasteiger partial charge in [0.25, 0.3) is 5.91 Å². The van der Waals surface area contributed by atoms with E-state index in [1.54, 1.807) is 6.07 Å². The number of likely N-dealkylation sites (tertiary alicyclic amines) is 1. The number of piperidine rings is 1. The van der Waals surface area contributed by atoms with Crippen molar-refractivity contribution in [1.82, 2.24) is 20.0 Å². The Kier molecular flexibility index (Phi) is 6.35. The number of aromatic nitrogens is 2. The second-order valence-electron chi connectivity index (χ2n) is 8.43. The maximum Gasteiger partial charge on any atom is 0.287 e. The van der Waals surface area contributed by atoms with Crippen LogP contribution in [0.15, 0.2) is 83.4 Å². The fraction of sp³-hybridized carbons (Fsp3) is 0.259. The first kappa shape index (κ1) is 21.2. The molecule has 0 spiro atoms. The van der Waals surface area contributed by atoms with Crippen molar-refractivity contribution >= 4 is 5.91 Å². The van der Waals surface area contributed by atoms with Gasteiger partial charge >= 0.3 is 0 Å². The molecule has 6 heteroatoms. The third-order valence-electron chi connectivity index (χ3n) is 6.01. The van der Waals surface area contributed by atoms with E-state index < -0.39 is 0 Å². The molecule has 2 aromatic heterocycles. The Morgan fingerprint density at radius 1 is 0.909 bits per heavy atom. The monoisotopic (exact) mass is 440 g/mol. The average Bonchev–Trinajstić information content (AvgIpc) is 3.52. The van der Waals surface area contributed by atoms with E-state index in [1.807, 2.05) is 77.6 Å². The molecular formula is C27H28N4O2. The first-order valence-electron chi connectivity index (χ1n) is 11.5. The summed E-state index contributed by atoms with van der Waals surface area (Å²) in [6, 6.07) is 23.7. The molecule has 0 atom stereocenters. The summed E-state index contributed by atoms with van der Waals surface area (Å²) in [6.45, 7) is 3.30. The van der Waals surface area contributed by atoms with Crippen molar-refractivity contribution in [3.8, 4) is 16.9 Å². The normalized spacial score (nSPS) is 14.3. The lowest BCUT2D eigenvalue weighted by Crippen LogP contribution is -2.28. The van der Waals surface area contributed by atoms with E-state index in [0.717, 1.165) is 47.9 Å². The number of amides is 1. The van der Waals surface area contributed by atoms with Crippen LogP contribution in [0.2, 0.25) is 0 Å². The van der Waals surface area contributed by atoms with E-state index in [4.69, 9.17) is 9.52 Å². The van der Waals surface area contributed by atoms with Crippen LogP contribution in [-0.4, -0.2) is 33.7 Å². The molecule has 168 valence electrons. The van der Waals surface area contributed by atoms with E-state index >= 15 is 0 Å². The Hall–Kier alpha value is -3.64. The highest BCUT2D eigenvalue weighted by Crippen LogP contribution is 2.24. The molecule has 0 unspecified atom stereocenters. The zero-order valence-corrected chi connectivity index (χ0v) is 18.6. The molecule has 0 aliphatic carbocycles. The summed E-state index contributed by atoms with van der Waals surface area (Å²) >= 11 is 0.